The van der Waals surface area contributed by atoms with Crippen LogP contribution in [-0.4, -0.2) is 38.8 Å². The Morgan fingerprint density at radius 3 is 2.60 bits per heavy atom. The third-order valence-electron chi connectivity index (χ3n) is 3.95. The molecular formula is C19H15ClF3NO6. The van der Waals surface area contributed by atoms with Gasteiger partial charge in [0, 0.05) is 5.69 Å². The van der Waals surface area contributed by atoms with Crippen molar-refractivity contribution in [3.05, 3.63) is 46.5 Å². The van der Waals surface area contributed by atoms with E-state index in [0.29, 0.717) is 18.4 Å². The van der Waals surface area contributed by atoms with Gasteiger partial charge in [-0.05, 0) is 30.3 Å². The molecule has 0 aliphatic carbocycles. The number of halogens is 4. The molecule has 1 aliphatic heterocycles. The molecule has 1 aliphatic rings. The third-order valence-corrected chi connectivity index (χ3v) is 4.28. The quantitative estimate of drug-likeness (QED) is 0.702. The van der Waals surface area contributed by atoms with E-state index in [1.165, 1.54) is 25.3 Å². The molecule has 0 aromatic heterocycles. The maximum Gasteiger partial charge on any atom is 0.417 e. The van der Waals surface area contributed by atoms with Crippen molar-refractivity contribution < 1.29 is 41.7 Å². The average Bonchev–Trinajstić information content (AvgIpc) is 2.71. The van der Waals surface area contributed by atoms with E-state index in [-0.39, 0.29) is 29.4 Å². The predicted molar refractivity (Wildman–Crippen MR) is 99.4 cm³/mol. The Morgan fingerprint density at radius 2 is 1.90 bits per heavy atom. The Balaban J connectivity index is 1.65. The summed E-state index contributed by atoms with van der Waals surface area (Å²) >= 11 is 5.53. The van der Waals surface area contributed by atoms with Gasteiger partial charge in [0.1, 0.15) is 13.2 Å². The summed E-state index contributed by atoms with van der Waals surface area (Å²) in [6, 6.07) is 5.64. The van der Waals surface area contributed by atoms with E-state index in [4.69, 9.17) is 30.5 Å². The Morgan fingerprint density at radius 1 is 1.17 bits per heavy atom. The van der Waals surface area contributed by atoms with E-state index >= 15 is 0 Å². The number of rotatable bonds is 5. The second-order valence-corrected chi connectivity index (χ2v) is 6.43. The van der Waals surface area contributed by atoms with Gasteiger partial charge in [0.05, 0.1) is 23.3 Å². The maximum atomic E-state index is 12.9. The van der Waals surface area contributed by atoms with Crippen LogP contribution in [-0.2, 0) is 15.7 Å². The molecule has 1 heterocycles. The number of ether oxygens (including phenoxy) is 4. The largest absolute Gasteiger partial charge is 0.493 e. The second-order valence-electron chi connectivity index (χ2n) is 6.02. The van der Waals surface area contributed by atoms with Crippen LogP contribution < -0.4 is 19.5 Å². The summed E-state index contributed by atoms with van der Waals surface area (Å²) in [4.78, 5) is 24.2. The van der Waals surface area contributed by atoms with Crippen molar-refractivity contribution in [3.63, 3.8) is 0 Å². The Hall–Kier alpha value is -3.14. The highest BCUT2D eigenvalue weighted by molar-refractivity contribution is 6.31. The Labute approximate surface area is 173 Å². The fourth-order valence-corrected chi connectivity index (χ4v) is 2.85. The number of carbonyl (C=O) groups excluding carboxylic acids is 2. The smallest absolute Gasteiger partial charge is 0.417 e. The summed E-state index contributed by atoms with van der Waals surface area (Å²) in [7, 11) is 1.39. The van der Waals surface area contributed by atoms with Gasteiger partial charge in [-0.2, -0.15) is 13.2 Å². The number of hydrogen-bond acceptors (Lipinski definition) is 6. The zero-order valence-electron chi connectivity index (χ0n) is 15.5. The van der Waals surface area contributed by atoms with Crippen LogP contribution in [0, 0.1) is 0 Å². The number of benzene rings is 2. The highest BCUT2D eigenvalue weighted by atomic mass is 35.5. The van der Waals surface area contributed by atoms with E-state index in [0.717, 1.165) is 6.07 Å². The van der Waals surface area contributed by atoms with Crippen LogP contribution in [0.3, 0.4) is 0 Å². The number of alkyl halides is 3. The Bertz CT molecular complexity index is 962. The molecule has 2 aromatic rings. The van der Waals surface area contributed by atoms with E-state index in [1.54, 1.807) is 0 Å². The highest BCUT2D eigenvalue weighted by Gasteiger charge is 2.33. The average molecular weight is 446 g/mol. The first-order valence-corrected chi connectivity index (χ1v) is 8.88. The molecule has 2 aromatic carbocycles. The topological polar surface area (TPSA) is 83.1 Å². The van der Waals surface area contributed by atoms with E-state index < -0.39 is 35.2 Å². The van der Waals surface area contributed by atoms with Crippen LogP contribution in [0.2, 0.25) is 5.02 Å². The van der Waals surface area contributed by atoms with Crippen molar-refractivity contribution in [2.24, 2.45) is 0 Å². The van der Waals surface area contributed by atoms with Gasteiger partial charge < -0.3 is 24.3 Å². The Kier molecular flexibility index (Phi) is 6.25. The molecule has 160 valence electrons. The standard InChI is InChI=1S/C19H15ClF3NO6/c1-27-14-6-10(7-15-17(14)29-5-4-28-15)18(26)30-9-16(25)24-11-2-3-13(20)12(8-11)19(21,22)23/h2-3,6-8H,4-5,9H2,1H3,(H,24,25). The number of amides is 1. The molecule has 7 nitrogen and oxygen atoms in total. The lowest BCUT2D eigenvalue weighted by Gasteiger charge is -2.21. The van der Waals surface area contributed by atoms with Crippen LogP contribution in [0.15, 0.2) is 30.3 Å². The lowest BCUT2D eigenvalue weighted by molar-refractivity contribution is -0.137. The van der Waals surface area contributed by atoms with Crippen LogP contribution in [0.5, 0.6) is 17.2 Å². The number of methoxy groups -OCH3 is 1. The van der Waals surface area contributed by atoms with E-state index in [2.05, 4.69) is 5.32 Å². The van der Waals surface area contributed by atoms with Gasteiger partial charge in [0.25, 0.3) is 5.91 Å². The number of nitrogens with one attached hydrogen (secondary N) is 1. The fraction of sp³-hybridized carbons (Fsp3) is 0.263. The van der Waals surface area contributed by atoms with Gasteiger partial charge in [-0.1, -0.05) is 11.6 Å². The van der Waals surface area contributed by atoms with Crippen LogP contribution in [0.4, 0.5) is 18.9 Å². The molecule has 0 atom stereocenters. The molecule has 0 saturated carbocycles. The number of hydrogen-bond donors (Lipinski definition) is 1. The first-order valence-electron chi connectivity index (χ1n) is 8.50. The van der Waals surface area contributed by atoms with Gasteiger partial charge in [0.2, 0.25) is 5.75 Å². The first-order chi connectivity index (χ1) is 14.2. The number of carbonyl (C=O) groups is 2. The minimum Gasteiger partial charge on any atom is -0.493 e. The van der Waals surface area contributed by atoms with Crippen molar-refractivity contribution in [3.8, 4) is 17.2 Å². The zero-order chi connectivity index (χ0) is 21.9. The summed E-state index contributed by atoms with van der Waals surface area (Å²) < 4.78 is 59.6. The lowest BCUT2D eigenvalue weighted by atomic mass is 10.1. The normalized spacial score (nSPS) is 12.8. The van der Waals surface area contributed by atoms with Gasteiger partial charge in [-0.15, -0.1) is 0 Å². The van der Waals surface area contributed by atoms with Crippen LogP contribution in [0.25, 0.3) is 0 Å². The molecule has 0 spiro atoms. The van der Waals surface area contributed by atoms with Gasteiger partial charge >= 0.3 is 12.1 Å². The van der Waals surface area contributed by atoms with Crippen molar-refractivity contribution in [1.82, 2.24) is 0 Å². The number of fused-ring (bicyclic) bond motifs is 1. The molecular weight excluding hydrogens is 431 g/mol. The molecule has 0 saturated heterocycles. The maximum absolute atomic E-state index is 12.9. The molecule has 1 N–H and O–H groups in total. The molecule has 30 heavy (non-hydrogen) atoms. The summed E-state index contributed by atoms with van der Waals surface area (Å²) in [5, 5.41) is 1.72. The third kappa shape index (κ3) is 4.88. The van der Waals surface area contributed by atoms with Crippen LogP contribution >= 0.6 is 11.6 Å². The minimum absolute atomic E-state index is 0.0507. The predicted octanol–water partition coefficient (Wildman–Crippen LogP) is 3.93. The van der Waals surface area contributed by atoms with E-state index in [9.17, 15) is 22.8 Å². The van der Waals surface area contributed by atoms with Crippen molar-refractivity contribution in [2.45, 2.75) is 6.18 Å². The van der Waals surface area contributed by atoms with Crippen molar-refractivity contribution in [2.75, 3.05) is 32.2 Å². The van der Waals surface area contributed by atoms with Gasteiger partial charge in [0.15, 0.2) is 18.1 Å². The molecule has 3 rings (SSSR count). The molecule has 0 unspecified atom stereocenters. The molecule has 0 fully saturated rings. The second kappa shape index (κ2) is 8.70. The van der Waals surface area contributed by atoms with Crippen molar-refractivity contribution >= 4 is 29.2 Å². The van der Waals surface area contributed by atoms with Gasteiger partial charge in [-0.25, -0.2) is 4.79 Å². The molecule has 0 bridgehead atoms. The van der Waals surface area contributed by atoms with E-state index in [1.807, 2.05) is 0 Å². The van der Waals surface area contributed by atoms with Crippen molar-refractivity contribution in [1.29, 1.82) is 0 Å². The fourth-order valence-electron chi connectivity index (χ4n) is 2.62. The first kappa shape index (κ1) is 21.6. The van der Waals surface area contributed by atoms with Crippen LogP contribution in [0.1, 0.15) is 15.9 Å². The number of esters is 1. The molecule has 1 amide bonds. The number of anilines is 1. The minimum atomic E-state index is -4.68. The summed E-state index contributed by atoms with van der Waals surface area (Å²) in [6.07, 6.45) is -4.68. The SMILES string of the molecule is COc1cc(C(=O)OCC(=O)Nc2ccc(Cl)c(C(F)(F)F)c2)cc2c1OCCO2. The molecule has 0 radical (unpaired) electrons. The lowest BCUT2D eigenvalue weighted by Crippen LogP contribution is -2.22. The highest BCUT2D eigenvalue weighted by Crippen LogP contribution is 2.40. The summed E-state index contributed by atoms with van der Waals surface area (Å²) in [5.74, 6) is -0.792. The summed E-state index contributed by atoms with van der Waals surface area (Å²) in [5.41, 5.74) is -1.19. The zero-order valence-corrected chi connectivity index (χ0v) is 16.2. The van der Waals surface area contributed by atoms with Gasteiger partial charge in [-0.3, -0.25) is 4.79 Å². The molecule has 11 heteroatoms. The summed E-state index contributed by atoms with van der Waals surface area (Å²) in [6.45, 7) is -0.105. The monoisotopic (exact) mass is 445 g/mol.